The molecule has 0 unspecified atom stereocenters. The molecular weight excluding hydrogens is 583 g/mol. The Morgan fingerprint density at radius 1 is 1.19 bits per heavy atom. The van der Waals surface area contributed by atoms with Crippen molar-refractivity contribution in [2.24, 2.45) is 11.7 Å². The van der Waals surface area contributed by atoms with Crippen molar-refractivity contribution in [1.29, 1.82) is 0 Å². The van der Waals surface area contributed by atoms with Crippen LogP contribution in [0.25, 0.3) is 5.52 Å². The first kappa shape index (κ1) is 32.3. The number of anilines is 1. The van der Waals surface area contributed by atoms with Gasteiger partial charge in [0.25, 0.3) is 5.91 Å². The molecule has 0 bridgehead atoms. The molecule has 1 amide bonds. The van der Waals surface area contributed by atoms with E-state index in [4.69, 9.17) is 30.0 Å². The molecule has 2 aromatic heterocycles. The molecule has 1 fully saturated rings. The molecule has 1 aromatic carbocycles. The molecule has 0 spiro atoms. The summed E-state index contributed by atoms with van der Waals surface area (Å²) in [4.78, 5) is 29.4. The fourth-order valence-corrected chi connectivity index (χ4v) is 6.25. The number of rotatable bonds is 14. The summed E-state index contributed by atoms with van der Waals surface area (Å²) in [6, 6.07) is 9.86. The van der Waals surface area contributed by atoms with E-state index in [-0.39, 0.29) is 29.8 Å². The number of aromatic nitrogens is 3. The SMILES string of the molecule is CCC(CC)COC(=O)[C@H](C)N[P@](=O)(OC[C@H]1O[C@@](C(N)=O)(c2ccc3c(N)ncnn23)[C@H](O)[C@@H]1O)Oc1ccccc1. The normalized spacial score (nSPS) is 24.1. The lowest BCUT2D eigenvalue weighted by Crippen LogP contribution is -2.51. The minimum Gasteiger partial charge on any atom is -0.464 e. The third kappa shape index (κ3) is 6.66. The Morgan fingerprint density at radius 3 is 2.53 bits per heavy atom. The van der Waals surface area contributed by atoms with Crippen LogP contribution in [0.3, 0.4) is 0 Å². The molecular formula is C27H37N6O9P. The van der Waals surface area contributed by atoms with Crippen LogP contribution < -0.4 is 21.1 Å². The van der Waals surface area contributed by atoms with E-state index in [0.717, 1.165) is 19.2 Å². The summed E-state index contributed by atoms with van der Waals surface area (Å²) in [5, 5.41) is 28.7. The van der Waals surface area contributed by atoms with Gasteiger partial charge in [0.1, 0.15) is 41.9 Å². The second-order valence-electron chi connectivity index (χ2n) is 10.2. The molecule has 6 atom stereocenters. The Bertz CT molecular complexity index is 1470. The van der Waals surface area contributed by atoms with Crippen LogP contribution in [-0.4, -0.2) is 74.3 Å². The second kappa shape index (κ2) is 13.4. The number of esters is 1. The van der Waals surface area contributed by atoms with Gasteiger partial charge in [0.15, 0.2) is 5.82 Å². The Kier molecular flexibility index (Phi) is 10.1. The van der Waals surface area contributed by atoms with Crippen LogP contribution in [0.15, 0.2) is 48.8 Å². The summed E-state index contributed by atoms with van der Waals surface area (Å²) >= 11 is 0. The van der Waals surface area contributed by atoms with E-state index in [1.807, 2.05) is 13.8 Å². The van der Waals surface area contributed by atoms with Crippen LogP contribution in [0.4, 0.5) is 5.82 Å². The lowest BCUT2D eigenvalue weighted by molar-refractivity contribution is -0.155. The first-order chi connectivity index (χ1) is 20.5. The standard InChI is InChI=1S/C27H37N6O9P/c1-4-17(5-2)13-39-25(36)16(3)32-43(38,42-18-9-7-6-8-10-18)40-14-20-22(34)23(35)27(41-20,26(29)37)21-12-11-19-24(28)30-15-31-33(19)21/h6-12,15-17,20,22-23,34-35H,4-5,13-14H2,1-3H3,(H2,29,37)(H,32,38)(H2,28,30,31)/t16-,20+,22+,23+,27-,43-/m0/s1. The number of nitrogens with zero attached hydrogens (tertiary/aromatic N) is 3. The van der Waals surface area contributed by atoms with Gasteiger partial charge >= 0.3 is 13.7 Å². The van der Waals surface area contributed by atoms with Crippen molar-refractivity contribution in [1.82, 2.24) is 19.7 Å². The summed E-state index contributed by atoms with van der Waals surface area (Å²) in [5.74, 6) is -1.37. The minimum absolute atomic E-state index is 0.0196. The maximum atomic E-state index is 13.9. The molecule has 1 aliphatic heterocycles. The second-order valence-corrected chi connectivity index (χ2v) is 11.9. The number of primary amides is 1. The molecule has 3 heterocycles. The van der Waals surface area contributed by atoms with E-state index in [2.05, 4.69) is 15.2 Å². The summed E-state index contributed by atoms with van der Waals surface area (Å²) in [5.41, 5.74) is 9.61. The molecule has 1 saturated heterocycles. The topological polar surface area (TPSA) is 223 Å². The van der Waals surface area contributed by atoms with Gasteiger partial charge in [0.05, 0.1) is 18.9 Å². The maximum Gasteiger partial charge on any atom is 0.459 e. The first-order valence-electron chi connectivity index (χ1n) is 13.8. The Labute approximate surface area is 248 Å². The number of nitrogens with one attached hydrogen (secondary N) is 1. The third-order valence-electron chi connectivity index (χ3n) is 7.39. The van der Waals surface area contributed by atoms with E-state index < -0.39 is 56.2 Å². The van der Waals surface area contributed by atoms with E-state index >= 15 is 0 Å². The van der Waals surface area contributed by atoms with Crippen LogP contribution in [0.2, 0.25) is 0 Å². The van der Waals surface area contributed by atoms with E-state index in [9.17, 15) is 24.4 Å². The molecule has 1 aliphatic rings. The van der Waals surface area contributed by atoms with Crippen molar-refractivity contribution in [3.8, 4) is 5.75 Å². The number of amides is 1. The maximum absolute atomic E-state index is 13.9. The summed E-state index contributed by atoms with van der Waals surface area (Å²) in [7, 11) is -4.36. The number of hydrogen-bond acceptors (Lipinski definition) is 12. The van der Waals surface area contributed by atoms with Gasteiger partial charge in [-0.05, 0) is 37.1 Å². The average molecular weight is 621 g/mol. The highest BCUT2D eigenvalue weighted by Gasteiger charge is 2.61. The van der Waals surface area contributed by atoms with E-state index in [1.54, 1.807) is 18.2 Å². The number of para-hydroxylation sites is 1. The molecule has 7 N–H and O–H groups in total. The average Bonchev–Trinajstić information content (AvgIpc) is 3.53. The highest BCUT2D eigenvalue weighted by atomic mass is 31.2. The molecule has 3 aromatic rings. The predicted molar refractivity (Wildman–Crippen MR) is 153 cm³/mol. The molecule has 0 aliphatic carbocycles. The monoisotopic (exact) mass is 620 g/mol. The fraction of sp³-hybridized carbons (Fsp3) is 0.481. The first-order valence-corrected chi connectivity index (χ1v) is 15.4. The third-order valence-corrected chi connectivity index (χ3v) is 9.03. The quantitative estimate of drug-likeness (QED) is 0.127. The zero-order valence-corrected chi connectivity index (χ0v) is 24.9. The van der Waals surface area contributed by atoms with Crippen LogP contribution in [0.1, 0.15) is 39.3 Å². The summed E-state index contributed by atoms with van der Waals surface area (Å²) in [6.07, 6.45) is -2.26. The Morgan fingerprint density at radius 2 is 1.88 bits per heavy atom. The number of nitrogen functional groups attached to an aromatic ring is 1. The summed E-state index contributed by atoms with van der Waals surface area (Å²) < 4.78 is 37.7. The van der Waals surface area contributed by atoms with Crippen molar-refractivity contribution in [2.45, 2.75) is 63.6 Å². The number of carbonyl (C=O) groups is 2. The van der Waals surface area contributed by atoms with Gasteiger partial charge in [-0.25, -0.2) is 14.1 Å². The van der Waals surface area contributed by atoms with Gasteiger partial charge in [0.2, 0.25) is 5.60 Å². The molecule has 234 valence electrons. The predicted octanol–water partition coefficient (Wildman–Crippen LogP) is 1.27. The zero-order chi connectivity index (χ0) is 31.4. The molecule has 16 heteroatoms. The van der Waals surface area contributed by atoms with Crippen molar-refractivity contribution in [3.63, 3.8) is 0 Å². The van der Waals surface area contributed by atoms with Gasteiger partial charge in [0, 0.05) is 0 Å². The zero-order valence-electron chi connectivity index (χ0n) is 24.0. The summed E-state index contributed by atoms with van der Waals surface area (Å²) in [6.45, 7) is 4.96. The van der Waals surface area contributed by atoms with Crippen LogP contribution in [0.5, 0.6) is 5.75 Å². The number of carbonyl (C=O) groups excluding carboxylic acids is 2. The van der Waals surface area contributed by atoms with Gasteiger partial charge in [-0.1, -0.05) is 44.9 Å². The van der Waals surface area contributed by atoms with Crippen molar-refractivity contribution in [3.05, 3.63) is 54.5 Å². The molecule has 43 heavy (non-hydrogen) atoms. The van der Waals surface area contributed by atoms with Crippen LogP contribution in [0, 0.1) is 5.92 Å². The number of fused-ring (bicyclic) bond motifs is 1. The highest BCUT2D eigenvalue weighted by molar-refractivity contribution is 7.52. The van der Waals surface area contributed by atoms with Crippen molar-refractivity contribution >= 4 is 31.0 Å². The van der Waals surface area contributed by atoms with Gasteiger partial charge in [-0.2, -0.15) is 10.2 Å². The van der Waals surface area contributed by atoms with E-state index in [0.29, 0.717) is 5.52 Å². The lowest BCUT2D eigenvalue weighted by Gasteiger charge is -2.28. The van der Waals surface area contributed by atoms with E-state index in [1.165, 1.54) is 35.7 Å². The number of hydrogen-bond donors (Lipinski definition) is 5. The Hall–Kier alpha value is -3.59. The molecule has 4 rings (SSSR count). The van der Waals surface area contributed by atoms with Gasteiger partial charge in [-0.3, -0.25) is 14.1 Å². The molecule has 15 nitrogen and oxygen atoms in total. The smallest absolute Gasteiger partial charge is 0.459 e. The lowest BCUT2D eigenvalue weighted by atomic mass is 9.90. The number of aliphatic hydroxyl groups excluding tert-OH is 2. The largest absolute Gasteiger partial charge is 0.464 e. The number of ether oxygens (including phenoxy) is 2. The van der Waals surface area contributed by atoms with Gasteiger partial charge < -0.3 is 35.7 Å². The minimum atomic E-state index is -4.36. The van der Waals surface area contributed by atoms with Gasteiger partial charge in [-0.15, -0.1) is 0 Å². The number of aliphatic hydroxyl groups is 2. The number of benzene rings is 1. The van der Waals surface area contributed by atoms with Crippen LogP contribution in [-0.2, 0) is 33.8 Å². The molecule has 0 radical (unpaired) electrons. The molecule has 0 saturated carbocycles. The van der Waals surface area contributed by atoms with Crippen molar-refractivity contribution < 1.29 is 42.9 Å². The van der Waals surface area contributed by atoms with Crippen molar-refractivity contribution in [2.75, 3.05) is 18.9 Å². The van der Waals surface area contributed by atoms with Crippen LogP contribution >= 0.6 is 7.75 Å². The fourth-order valence-electron chi connectivity index (χ4n) is 4.75. The highest BCUT2D eigenvalue weighted by Crippen LogP contribution is 2.47. The Balaban J connectivity index is 1.56. The number of nitrogens with two attached hydrogens (primary N) is 2.